The molecule has 0 saturated carbocycles. The molecule has 0 bridgehead atoms. The fraction of sp³-hybridized carbons (Fsp3) is 0.105. The van der Waals surface area contributed by atoms with Crippen molar-refractivity contribution < 1.29 is 4.39 Å². The average Bonchev–Trinajstić information content (AvgIpc) is 3.02. The van der Waals surface area contributed by atoms with Gasteiger partial charge in [-0.05, 0) is 42.3 Å². The van der Waals surface area contributed by atoms with E-state index in [9.17, 15) is 4.39 Å². The van der Waals surface area contributed by atoms with E-state index < -0.39 is 0 Å². The average molecular weight is 353 g/mol. The highest BCUT2D eigenvalue weighted by Crippen LogP contribution is 2.29. The second kappa shape index (κ2) is 6.26. The van der Waals surface area contributed by atoms with E-state index in [0.717, 1.165) is 22.1 Å². The maximum absolute atomic E-state index is 14.1. The first-order valence-electron chi connectivity index (χ1n) is 7.79. The Morgan fingerprint density at radius 1 is 1.08 bits per heavy atom. The van der Waals surface area contributed by atoms with Gasteiger partial charge in [0, 0.05) is 40.1 Å². The van der Waals surface area contributed by atoms with E-state index in [1.807, 2.05) is 25.3 Å². The summed E-state index contributed by atoms with van der Waals surface area (Å²) in [6.45, 7) is 2.25. The Labute approximate surface area is 148 Å². The van der Waals surface area contributed by atoms with Gasteiger partial charge in [-0.2, -0.15) is 5.10 Å². The lowest BCUT2D eigenvalue weighted by molar-refractivity contribution is 0.589. The monoisotopic (exact) mass is 352 g/mol. The van der Waals surface area contributed by atoms with Crippen LogP contribution < -0.4 is 0 Å². The summed E-state index contributed by atoms with van der Waals surface area (Å²) in [6, 6.07) is 8.55. The molecule has 0 spiro atoms. The molecule has 0 amide bonds. The number of benzene rings is 1. The smallest absolute Gasteiger partial charge is 0.158 e. The summed E-state index contributed by atoms with van der Waals surface area (Å²) in [6.07, 6.45) is 7.07. The quantitative estimate of drug-likeness (QED) is 0.539. The highest BCUT2D eigenvalue weighted by Gasteiger charge is 2.14. The lowest BCUT2D eigenvalue weighted by Crippen LogP contribution is -2.05. The maximum atomic E-state index is 14.1. The molecule has 0 saturated heterocycles. The van der Waals surface area contributed by atoms with Gasteiger partial charge < -0.3 is 0 Å². The summed E-state index contributed by atoms with van der Waals surface area (Å²) in [4.78, 5) is 8.64. The first-order chi connectivity index (χ1) is 12.1. The van der Waals surface area contributed by atoms with Crippen molar-refractivity contribution in [2.45, 2.75) is 13.5 Å². The van der Waals surface area contributed by atoms with Crippen molar-refractivity contribution in [1.82, 2.24) is 19.7 Å². The van der Waals surface area contributed by atoms with Crippen LogP contribution in [0, 0.1) is 12.7 Å². The fourth-order valence-corrected chi connectivity index (χ4v) is 3.13. The minimum Gasteiger partial charge on any atom is -0.264 e. The second-order valence-electron chi connectivity index (χ2n) is 5.79. The van der Waals surface area contributed by atoms with Gasteiger partial charge in [0.25, 0.3) is 0 Å². The normalized spacial score (nSPS) is 11.2. The Kier molecular flexibility index (Phi) is 3.93. The van der Waals surface area contributed by atoms with Crippen molar-refractivity contribution in [3.8, 4) is 11.1 Å². The number of aryl methyl sites for hydroxylation is 1. The molecule has 6 heteroatoms. The second-order valence-corrected chi connectivity index (χ2v) is 6.20. The van der Waals surface area contributed by atoms with Crippen LogP contribution in [0.5, 0.6) is 0 Å². The van der Waals surface area contributed by atoms with Gasteiger partial charge in [0.15, 0.2) is 5.65 Å². The van der Waals surface area contributed by atoms with Gasteiger partial charge in [-0.25, -0.2) is 14.1 Å². The number of hydrogen-bond donors (Lipinski definition) is 0. The zero-order chi connectivity index (χ0) is 17.4. The Bertz CT molecular complexity index is 1050. The lowest BCUT2D eigenvalue weighted by Gasteiger charge is -2.08. The minimum atomic E-state index is -0.351. The Balaban J connectivity index is 1.84. The molecule has 0 unspecified atom stereocenters. The molecule has 0 atom stereocenters. The van der Waals surface area contributed by atoms with E-state index in [4.69, 9.17) is 11.6 Å². The Morgan fingerprint density at radius 3 is 2.76 bits per heavy atom. The number of pyridine rings is 2. The van der Waals surface area contributed by atoms with E-state index in [2.05, 4.69) is 15.1 Å². The Morgan fingerprint density at radius 2 is 1.96 bits per heavy atom. The van der Waals surface area contributed by atoms with Crippen LogP contribution in [0.2, 0.25) is 5.02 Å². The topological polar surface area (TPSA) is 43.6 Å². The van der Waals surface area contributed by atoms with E-state index >= 15 is 0 Å². The lowest BCUT2D eigenvalue weighted by atomic mass is 10.0. The summed E-state index contributed by atoms with van der Waals surface area (Å²) in [5.74, 6) is -0.351. The third-order valence-electron chi connectivity index (χ3n) is 4.24. The first kappa shape index (κ1) is 15.7. The number of aromatic nitrogens is 4. The molecule has 124 valence electrons. The third-order valence-corrected chi connectivity index (χ3v) is 4.59. The highest BCUT2D eigenvalue weighted by molar-refractivity contribution is 6.31. The molecular formula is C19H14ClFN4. The number of halogens is 2. The molecule has 0 aliphatic carbocycles. The highest BCUT2D eigenvalue weighted by atomic mass is 35.5. The van der Waals surface area contributed by atoms with Gasteiger partial charge >= 0.3 is 0 Å². The zero-order valence-corrected chi connectivity index (χ0v) is 14.2. The van der Waals surface area contributed by atoms with E-state index in [1.54, 1.807) is 35.4 Å². The van der Waals surface area contributed by atoms with Crippen LogP contribution in [0.25, 0.3) is 22.2 Å². The molecule has 4 aromatic rings. The molecule has 0 aliphatic heterocycles. The molecule has 4 rings (SSSR count). The van der Waals surface area contributed by atoms with Crippen LogP contribution in [0.15, 0.2) is 55.1 Å². The van der Waals surface area contributed by atoms with E-state index in [0.29, 0.717) is 16.2 Å². The minimum absolute atomic E-state index is 0.220. The predicted octanol–water partition coefficient (Wildman–Crippen LogP) is 4.64. The molecule has 0 radical (unpaired) electrons. The van der Waals surface area contributed by atoms with Gasteiger partial charge in [0.2, 0.25) is 0 Å². The standard InChI is InChI=1S/C19H14ClFN4/c1-12-5-7-22-9-14(12)13-6-8-23-19-15(13)10-24-25(19)11-16-17(20)3-2-4-18(16)21/h2-10H,11H2,1H3. The largest absolute Gasteiger partial charge is 0.264 e. The summed E-state index contributed by atoms with van der Waals surface area (Å²) in [7, 11) is 0. The number of fused-ring (bicyclic) bond motifs is 1. The fourth-order valence-electron chi connectivity index (χ4n) is 2.91. The molecule has 3 aromatic heterocycles. The molecular weight excluding hydrogens is 339 g/mol. The van der Waals surface area contributed by atoms with Gasteiger partial charge in [-0.15, -0.1) is 0 Å². The first-order valence-corrected chi connectivity index (χ1v) is 8.17. The van der Waals surface area contributed by atoms with Gasteiger partial charge in [-0.1, -0.05) is 17.7 Å². The van der Waals surface area contributed by atoms with Crippen LogP contribution in [-0.4, -0.2) is 19.7 Å². The molecule has 3 heterocycles. The third kappa shape index (κ3) is 2.76. The molecule has 25 heavy (non-hydrogen) atoms. The number of hydrogen-bond acceptors (Lipinski definition) is 3. The van der Waals surface area contributed by atoms with Crippen molar-refractivity contribution in [2.75, 3.05) is 0 Å². The van der Waals surface area contributed by atoms with Crippen LogP contribution >= 0.6 is 11.6 Å². The van der Waals surface area contributed by atoms with E-state index in [1.165, 1.54) is 6.07 Å². The van der Waals surface area contributed by atoms with E-state index in [-0.39, 0.29) is 12.4 Å². The molecule has 4 nitrogen and oxygen atoms in total. The maximum Gasteiger partial charge on any atom is 0.158 e. The molecule has 1 aromatic carbocycles. The summed E-state index contributed by atoms with van der Waals surface area (Å²) in [5.41, 5.74) is 4.23. The van der Waals surface area contributed by atoms with Crippen LogP contribution in [0.3, 0.4) is 0 Å². The zero-order valence-electron chi connectivity index (χ0n) is 13.4. The molecule has 0 fully saturated rings. The SMILES string of the molecule is Cc1ccncc1-c1ccnc2c1cnn2Cc1c(F)cccc1Cl. The van der Waals surface area contributed by atoms with Gasteiger partial charge in [0.1, 0.15) is 5.82 Å². The molecule has 0 N–H and O–H groups in total. The predicted molar refractivity (Wildman–Crippen MR) is 96.0 cm³/mol. The van der Waals surface area contributed by atoms with Crippen molar-refractivity contribution in [1.29, 1.82) is 0 Å². The van der Waals surface area contributed by atoms with Gasteiger partial charge in [-0.3, -0.25) is 4.98 Å². The molecule has 0 aliphatic rings. The number of rotatable bonds is 3. The van der Waals surface area contributed by atoms with Gasteiger partial charge in [0.05, 0.1) is 12.7 Å². The van der Waals surface area contributed by atoms with Crippen molar-refractivity contribution in [2.24, 2.45) is 0 Å². The van der Waals surface area contributed by atoms with Crippen LogP contribution in [0.4, 0.5) is 4.39 Å². The van der Waals surface area contributed by atoms with Crippen molar-refractivity contribution in [3.05, 3.63) is 77.1 Å². The number of nitrogens with zero attached hydrogens (tertiary/aromatic N) is 4. The summed E-state index contributed by atoms with van der Waals surface area (Å²) >= 11 is 6.14. The van der Waals surface area contributed by atoms with Crippen LogP contribution in [-0.2, 0) is 6.54 Å². The van der Waals surface area contributed by atoms with Crippen LogP contribution in [0.1, 0.15) is 11.1 Å². The summed E-state index contributed by atoms with van der Waals surface area (Å²) < 4.78 is 15.7. The van der Waals surface area contributed by atoms with Crippen molar-refractivity contribution in [3.63, 3.8) is 0 Å². The van der Waals surface area contributed by atoms with Crippen molar-refractivity contribution >= 4 is 22.6 Å². The summed E-state index contributed by atoms with van der Waals surface area (Å²) in [5, 5.41) is 5.67. The Hall–Kier alpha value is -2.79.